The molecule has 0 saturated heterocycles. The number of hydrogen-bond donors (Lipinski definition) is 1. The van der Waals surface area contributed by atoms with E-state index in [2.05, 4.69) is 41.3 Å². The Labute approximate surface area is 102 Å². The van der Waals surface area contributed by atoms with E-state index >= 15 is 0 Å². The van der Waals surface area contributed by atoms with Gasteiger partial charge in [0.2, 0.25) is 0 Å². The average molecular weight is 227 g/mol. The maximum absolute atomic E-state index is 4.19. The molecule has 0 saturated carbocycles. The van der Waals surface area contributed by atoms with Crippen LogP contribution in [0.2, 0.25) is 0 Å². The second-order valence-corrected chi connectivity index (χ2v) is 3.87. The third kappa shape index (κ3) is 3.29. The van der Waals surface area contributed by atoms with E-state index in [1.165, 1.54) is 5.56 Å². The summed E-state index contributed by atoms with van der Waals surface area (Å²) in [4.78, 5) is 0. The zero-order chi connectivity index (χ0) is 11.9. The first-order valence-electron chi connectivity index (χ1n) is 5.81. The predicted octanol–water partition coefficient (Wildman–Crippen LogP) is 2.54. The fourth-order valence-corrected chi connectivity index (χ4v) is 1.62. The summed E-state index contributed by atoms with van der Waals surface area (Å²) in [7, 11) is 0. The lowest BCUT2D eigenvalue weighted by Crippen LogP contribution is -2.13. The first-order chi connectivity index (χ1) is 8.40. The molecule has 0 fully saturated rings. The van der Waals surface area contributed by atoms with E-state index in [0.29, 0.717) is 0 Å². The first kappa shape index (κ1) is 11.6. The molecule has 0 spiro atoms. The van der Waals surface area contributed by atoms with E-state index in [4.69, 9.17) is 0 Å². The molecule has 2 rings (SSSR count). The smallest absolute Gasteiger partial charge is 0.0645 e. The van der Waals surface area contributed by atoms with Crippen molar-refractivity contribution in [3.05, 3.63) is 60.9 Å². The van der Waals surface area contributed by atoms with Gasteiger partial charge in [-0.3, -0.25) is 0 Å². The summed E-state index contributed by atoms with van der Waals surface area (Å²) in [6, 6.07) is 10.3. The number of nitrogens with zero attached hydrogens (tertiary/aromatic N) is 2. The van der Waals surface area contributed by atoms with Crippen LogP contribution in [0, 0.1) is 0 Å². The number of nitrogens with one attached hydrogen (secondary N) is 1. The van der Waals surface area contributed by atoms with Gasteiger partial charge in [0.1, 0.15) is 0 Å². The van der Waals surface area contributed by atoms with Crippen molar-refractivity contribution < 1.29 is 0 Å². The number of hydrogen-bond acceptors (Lipinski definition) is 2. The predicted molar refractivity (Wildman–Crippen MR) is 70.1 cm³/mol. The third-order valence-electron chi connectivity index (χ3n) is 2.56. The van der Waals surface area contributed by atoms with Crippen LogP contribution in [0.3, 0.4) is 0 Å². The van der Waals surface area contributed by atoms with Crippen LogP contribution in [-0.2, 0) is 6.54 Å². The minimum absolute atomic E-state index is 0.896. The summed E-state index contributed by atoms with van der Waals surface area (Å²) in [5.74, 6) is 0. The second-order valence-electron chi connectivity index (χ2n) is 3.87. The topological polar surface area (TPSA) is 29.9 Å². The maximum atomic E-state index is 4.19. The Morgan fingerprint density at radius 3 is 2.76 bits per heavy atom. The van der Waals surface area contributed by atoms with Gasteiger partial charge in [0, 0.05) is 18.9 Å². The van der Waals surface area contributed by atoms with Crippen molar-refractivity contribution in [1.29, 1.82) is 0 Å². The molecule has 0 aliphatic rings. The molecule has 1 heterocycles. The van der Waals surface area contributed by atoms with Crippen molar-refractivity contribution in [3.63, 3.8) is 0 Å². The van der Waals surface area contributed by atoms with Crippen LogP contribution >= 0.6 is 0 Å². The van der Waals surface area contributed by atoms with Gasteiger partial charge >= 0.3 is 0 Å². The highest BCUT2D eigenvalue weighted by Gasteiger charge is 1.96. The molecular weight excluding hydrogens is 210 g/mol. The molecule has 17 heavy (non-hydrogen) atoms. The molecule has 0 atom stereocenters. The summed E-state index contributed by atoms with van der Waals surface area (Å²) in [6.45, 7) is 5.57. The van der Waals surface area contributed by atoms with Gasteiger partial charge in [0.05, 0.1) is 5.69 Å². The number of benzene rings is 1. The fraction of sp³-hybridized carbons (Fsp3) is 0.214. The maximum Gasteiger partial charge on any atom is 0.0645 e. The quantitative estimate of drug-likeness (QED) is 0.607. The lowest BCUT2D eigenvalue weighted by atomic mass is 10.2. The van der Waals surface area contributed by atoms with E-state index in [1.54, 1.807) is 6.20 Å². The minimum Gasteiger partial charge on any atom is -0.312 e. The van der Waals surface area contributed by atoms with E-state index < -0.39 is 0 Å². The van der Waals surface area contributed by atoms with Crippen LogP contribution in [0.4, 0.5) is 0 Å². The summed E-state index contributed by atoms with van der Waals surface area (Å²) in [5, 5.41) is 7.56. The van der Waals surface area contributed by atoms with Gasteiger partial charge in [-0.05, 0) is 36.7 Å². The highest BCUT2D eigenvalue weighted by Crippen LogP contribution is 2.08. The van der Waals surface area contributed by atoms with Gasteiger partial charge in [-0.1, -0.05) is 18.2 Å². The van der Waals surface area contributed by atoms with E-state index in [0.717, 1.165) is 25.2 Å². The van der Waals surface area contributed by atoms with Crippen LogP contribution in [-0.4, -0.2) is 16.3 Å². The molecule has 1 aromatic carbocycles. The normalized spacial score (nSPS) is 10.4. The van der Waals surface area contributed by atoms with E-state index in [-0.39, 0.29) is 0 Å². The molecule has 0 unspecified atom stereocenters. The summed E-state index contributed by atoms with van der Waals surface area (Å²) >= 11 is 0. The molecule has 3 nitrogen and oxygen atoms in total. The monoisotopic (exact) mass is 227 g/mol. The van der Waals surface area contributed by atoms with Gasteiger partial charge in [-0.2, -0.15) is 5.10 Å². The van der Waals surface area contributed by atoms with Crippen molar-refractivity contribution in [2.45, 2.75) is 13.0 Å². The minimum atomic E-state index is 0.896. The lowest BCUT2D eigenvalue weighted by Gasteiger charge is -2.05. The van der Waals surface area contributed by atoms with Crippen LogP contribution in [0.1, 0.15) is 12.0 Å². The molecule has 0 bridgehead atoms. The Balaban J connectivity index is 1.92. The molecular formula is C14H17N3. The highest BCUT2D eigenvalue weighted by molar-refractivity contribution is 5.33. The Morgan fingerprint density at radius 1 is 1.29 bits per heavy atom. The van der Waals surface area contributed by atoms with Crippen molar-refractivity contribution in [1.82, 2.24) is 15.1 Å². The summed E-state index contributed by atoms with van der Waals surface area (Å²) in [6.07, 6.45) is 6.65. The van der Waals surface area contributed by atoms with Crippen LogP contribution in [0.5, 0.6) is 0 Å². The molecule has 0 amide bonds. The first-order valence-corrected chi connectivity index (χ1v) is 5.81. The Kier molecular flexibility index (Phi) is 4.11. The summed E-state index contributed by atoms with van der Waals surface area (Å²) in [5.41, 5.74) is 2.37. The molecule has 1 aromatic heterocycles. The molecule has 3 heteroatoms. The van der Waals surface area contributed by atoms with Crippen LogP contribution < -0.4 is 5.32 Å². The van der Waals surface area contributed by atoms with Gasteiger partial charge in [-0.15, -0.1) is 6.58 Å². The molecule has 2 aromatic rings. The standard InChI is InChI=1S/C14H17N3/c1-2-3-9-15-12-13-5-7-14(8-6-13)17-11-4-10-16-17/h2,4-8,10-11,15H,1,3,9,12H2. The Morgan fingerprint density at radius 2 is 2.12 bits per heavy atom. The largest absolute Gasteiger partial charge is 0.312 e. The van der Waals surface area contributed by atoms with Crippen molar-refractivity contribution in [3.8, 4) is 5.69 Å². The van der Waals surface area contributed by atoms with Crippen LogP contribution in [0.15, 0.2) is 55.4 Å². The number of rotatable bonds is 6. The van der Waals surface area contributed by atoms with Gasteiger partial charge in [0.25, 0.3) is 0 Å². The summed E-state index contributed by atoms with van der Waals surface area (Å²) < 4.78 is 1.86. The lowest BCUT2D eigenvalue weighted by molar-refractivity contribution is 0.695. The van der Waals surface area contributed by atoms with E-state index in [1.807, 2.05) is 23.0 Å². The second kappa shape index (κ2) is 6.01. The van der Waals surface area contributed by atoms with Crippen molar-refractivity contribution in [2.75, 3.05) is 6.54 Å². The molecule has 1 N–H and O–H groups in total. The average Bonchev–Trinajstić information content (AvgIpc) is 2.89. The van der Waals surface area contributed by atoms with Gasteiger partial charge in [-0.25, -0.2) is 4.68 Å². The van der Waals surface area contributed by atoms with Crippen LogP contribution in [0.25, 0.3) is 5.69 Å². The fourth-order valence-electron chi connectivity index (χ4n) is 1.62. The van der Waals surface area contributed by atoms with Crippen molar-refractivity contribution >= 4 is 0 Å². The van der Waals surface area contributed by atoms with E-state index in [9.17, 15) is 0 Å². The molecule has 0 aliphatic carbocycles. The molecule has 88 valence electrons. The zero-order valence-electron chi connectivity index (χ0n) is 9.84. The SMILES string of the molecule is C=CCCNCc1ccc(-n2cccn2)cc1. The Bertz CT molecular complexity index is 443. The molecule has 0 aliphatic heterocycles. The molecule has 0 radical (unpaired) electrons. The Hall–Kier alpha value is -1.87. The number of aromatic nitrogens is 2. The van der Waals surface area contributed by atoms with Gasteiger partial charge in [0.15, 0.2) is 0 Å². The van der Waals surface area contributed by atoms with Gasteiger partial charge < -0.3 is 5.32 Å². The highest BCUT2D eigenvalue weighted by atomic mass is 15.3. The van der Waals surface area contributed by atoms with Crippen molar-refractivity contribution in [2.24, 2.45) is 0 Å². The third-order valence-corrected chi connectivity index (χ3v) is 2.56. The zero-order valence-corrected chi connectivity index (χ0v) is 9.84.